The molecule has 0 fully saturated rings. The van der Waals surface area contributed by atoms with Gasteiger partial charge in [0, 0.05) is 5.75 Å². The van der Waals surface area contributed by atoms with Crippen LogP contribution in [0.2, 0.25) is 0 Å². The van der Waals surface area contributed by atoms with E-state index in [1.807, 2.05) is 6.07 Å². The minimum absolute atomic E-state index is 0.00791. The van der Waals surface area contributed by atoms with Crippen LogP contribution in [0.4, 0.5) is 0 Å². The smallest absolute Gasteiger partial charge is 0.319 e. The third kappa shape index (κ3) is 14.6. The van der Waals surface area contributed by atoms with Crippen LogP contribution in [0.5, 0.6) is 0 Å². The number of ether oxygens (including phenoxy) is 1. The molecule has 1 rings (SSSR count). The Bertz CT molecular complexity index is 489. The molecule has 0 amide bonds. The van der Waals surface area contributed by atoms with Crippen LogP contribution in [0.15, 0.2) is 30.3 Å². The van der Waals surface area contributed by atoms with Crippen LogP contribution in [-0.2, 0) is 15.3 Å². The summed E-state index contributed by atoms with van der Waals surface area (Å²) in [6.45, 7) is 5.03. The first kappa shape index (κ1) is 26.1. The van der Waals surface area contributed by atoms with Crippen LogP contribution in [0.3, 0.4) is 0 Å². The van der Waals surface area contributed by atoms with Gasteiger partial charge in [0.05, 0.1) is 6.61 Å². The molecule has 1 unspecified atom stereocenters. The summed E-state index contributed by atoms with van der Waals surface area (Å²) in [6.07, 6.45) is 17.6. The van der Waals surface area contributed by atoms with Crippen molar-refractivity contribution in [1.29, 1.82) is 0 Å². The van der Waals surface area contributed by atoms with Crippen molar-refractivity contribution in [2.24, 2.45) is 0 Å². The van der Waals surface area contributed by atoms with E-state index in [-0.39, 0.29) is 11.2 Å². The van der Waals surface area contributed by atoms with Gasteiger partial charge >= 0.3 is 5.97 Å². The molecule has 0 heterocycles. The van der Waals surface area contributed by atoms with Crippen molar-refractivity contribution < 1.29 is 9.53 Å². The molecular formula is C26H44O2S. The first-order chi connectivity index (χ1) is 14.3. The molecule has 0 aromatic heterocycles. The number of benzene rings is 1. The van der Waals surface area contributed by atoms with Gasteiger partial charge in [-0.1, -0.05) is 121 Å². The van der Waals surface area contributed by atoms with Gasteiger partial charge in [-0.05, 0) is 18.4 Å². The summed E-state index contributed by atoms with van der Waals surface area (Å²) in [5, 5.41) is -0.0251. The Morgan fingerprint density at radius 1 is 0.793 bits per heavy atom. The minimum Gasteiger partial charge on any atom is -0.465 e. The summed E-state index contributed by atoms with van der Waals surface area (Å²) >= 11 is 1.73. The van der Waals surface area contributed by atoms with Gasteiger partial charge in [0.15, 0.2) is 0 Å². The molecule has 1 aromatic carbocycles. The molecule has 0 aliphatic carbocycles. The van der Waals surface area contributed by atoms with Gasteiger partial charge in [0.25, 0.3) is 0 Å². The van der Waals surface area contributed by atoms with Gasteiger partial charge in [0.1, 0.15) is 5.25 Å². The predicted octanol–water partition coefficient (Wildman–Crippen LogP) is 8.33. The van der Waals surface area contributed by atoms with Crippen LogP contribution < -0.4 is 0 Å². The molecule has 3 heteroatoms. The van der Waals surface area contributed by atoms with Gasteiger partial charge in [-0.3, -0.25) is 4.79 Å². The van der Waals surface area contributed by atoms with Crippen LogP contribution in [-0.4, -0.2) is 17.8 Å². The third-order valence-electron chi connectivity index (χ3n) is 5.37. The van der Waals surface area contributed by atoms with Crippen LogP contribution in [0.1, 0.15) is 109 Å². The number of hydrogen-bond donors (Lipinski definition) is 0. The molecule has 0 spiro atoms. The Labute approximate surface area is 184 Å². The van der Waals surface area contributed by atoms with Crippen LogP contribution in [0.25, 0.3) is 0 Å². The molecule has 0 aliphatic rings. The van der Waals surface area contributed by atoms with Crippen molar-refractivity contribution in [2.75, 3.05) is 6.61 Å². The Morgan fingerprint density at radius 3 is 1.93 bits per heavy atom. The minimum atomic E-state index is -0.0251. The summed E-state index contributed by atoms with van der Waals surface area (Å²) in [6, 6.07) is 10.4. The number of hydrogen-bond acceptors (Lipinski definition) is 3. The van der Waals surface area contributed by atoms with Gasteiger partial charge in [-0.15, -0.1) is 11.8 Å². The normalized spacial score (nSPS) is 12.1. The monoisotopic (exact) mass is 420 g/mol. The highest BCUT2D eigenvalue weighted by molar-refractivity contribution is 7.99. The SMILES string of the molecule is CCCCCCCCCCCCCOC(=O)C(CCCC)SCc1ccccc1. The molecule has 0 bridgehead atoms. The topological polar surface area (TPSA) is 26.3 Å². The molecule has 1 aromatic rings. The zero-order chi connectivity index (χ0) is 21.0. The second-order valence-corrected chi connectivity index (χ2v) is 9.32. The maximum absolute atomic E-state index is 12.5. The average Bonchev–Trinajstić information content (AvgIpc) is 2.75. The lowest BCUT2D eigenvalue weighted by Crippen LogP contribution is -2.21. The molecule has 0 radical (unpaired) electrons. The van der Waals surface area contributed by atoms with Crippen molar-refractivity contribution in [3.05, 3.63) is 35.9 Å². The summed E-state index contributed by atoms with van der Waals surface area (Å²) < 4.78 is 5.61. The van der Waals surface area contributed by atoms with Crippen molar-refractivity contribution in [3.8, 4) is 0 Å². The van der Waals surface area contributed by atoms with E-state index in [2.05, 4.69) is 38.1 Å². The van der Waals surface area contributed by atoms with Crippen molar-refractivity contribution in [2.45, 2.75) is 115 Å². The Hall–Kier alpha value is -0.960. The van der Waals surface area contributed by atoms with Crippen molar-refractivity contribution >= 4 is 17.7 Å². The van der Waals surface area contributed by atoms with Gasteiger partial charge in [-0.2, -0.15) is 0 Å². The largest absolute Gasteiger partial charge is 0.465 e. The molecule has 0 aliphatic heterocycles. The number of carbonyl (C=O) groups excluding carboxylic acids is 1. The number of thioether (sulfide) groups is 1. The lowest BCUT2D eigenvalue weighted by Gasteiger charge is -2.15. The molecule has 166 valence electrons. The first-order valence-corrected chi connectivity index (χ1v) is 13.1. The van der Waals surface area contributed by atoms with E-state index in [1.54, 1.807) is 11.8 Å². The van der Waals surface area contributed by atoms with E-state index in [0.29, 0.717) is 6.61 Å². The second-order valence-electron chi connectivity index (χ2n) is 8.13. The second kappa shape index (κ2) is 19.0. The summed E-state index contributed by atoms with van der Waals surface area (Å²) in [7, 11) is 0. The quantitative estimate of drug-likeness (QED) is 0.166. The molecule has 1 atom stereocenters. The third-order valence-corrected chi connectivity index (χ3v) is 6.70. The summed E-state index contributed by atoms with van der Waals surface area (Å²) in [5.41, 5.74) is 1.28. The van der Waals surface area contributed by atoms with Gasteiger partial charge in [0.2, 0.25) is 0 Å². The maximum Gasteiger partial charge on any atom is 0.319 e. The molecule has 0 saturated carbocycles. The van der Waals surface area contributed by atoms with Crippen molar-refractivity contribution in [1.82, 2.24) is 0 Å². The van der Waals surface area contributed by atoms with E-state index in [0.717, 1.165) is 31.4 Å². The van der Waals surface area contributed by atoms with E-state index < -0.39 is 0 Å². The number of unbranched alkanes of at least 4 members (excludes halogenated alkanes) is 11. The fraction of sp³-hybridized carbons (Fsp3) is 0.731. The zero-order valence-corrected chi connectivity index (χ0v) is 19.8. The lowest BCUT2D eigenvalue weighted by atomic mass is 10.1. The average molecular weight is 421 g/mol. The zero-order valence-electron chi connectivity index (χ0n) is 19.0. The van der Waals surface area contributed by atoms with E-state index in [4.69, 9.17) is 4.74 Å². The molecule has 2 nitrogen and oxygen atoms in total. The maximum atomic E-state index is 12.5. The van der Waals surface area contributed by atoms with Crippen LogP contribution >= 0.6 is 11.8 Å². The van der Waals surface area contributed by atoms with Crippen LogP contribution in [0, 0.1) is 0 Å². The fourth-order valence-corrected chi connectivity index (χ4v) is 4.59. The van der Waals surface area contributed by atoms with E-state index >= 15 is 0 Å². The highest BCUT2D eigenvalue weighted by atomic mass is 32.2. The van der Waals surface area contributed by atoms with E-state index in [1.165, 1.54) is 69.8 Å². The molecule has 0 saturated heterocycles. The number of esters is 1. The summed E-state index contributed by atoms with van der Waals surface area (Å²) in [4.78, 5) is 12.5. The highest BCUT2D eigenvalue weighted by Crippen LogP contribution is 2.23. The number of carbonyl (C=O) groups is 1. The Balaban J connectivity index is 2.08. The Morgan fingerprint density at radius 2 is 1.34 bits per heavy atom. The summed E-state index contributed by atoms with van der Waals surface area (Å²) in [5.74, 6) is 0.870. The first-order valence-electron chi connectivity index (χ1n) is 12.1. The lowest BCUT2D eigenvalue weighted by molar-refractivity contribution is -0.143. The van der Waals surface area contributed by atoms with Gasteiger partial charge in [-0.25, -0.2) is 0 Å². The molecule has 29 heavy (non-hydrogen) atoms. The number of rotatable bonds is 19. The Kier molecular flexibility index (Phi) is 17.1. The van der Waals surface area contributed by atoms with E-state index in [9.17, 15) is 4.79 Å². The standard InChI is InChI=1S/C26H44O2S/c1-3-5-7-8-9-10-11-12-13-14-18-22-28-26(27)25(21-6-4-2)29-23-24-19-16-15-17-20-24/h15-17,19-20,25H,3-14,18,21-23H2,1-2H3. The molecular weight excluding hydrogens is 376 g/mol. The van der Waals surface area contributed by atoms with Gasteiger partial charge < -0.3 is 4.74 Å². The van der Waals surface area contributed by atoms with Crippen molar-refractivity contribution in [3.63, 3.8) is 0 Å². The molecule has 0 N–H and O–H groups in total. The predicted molar refractivity (Wildman–Crippen MR) is 128 cm³/mol. The fourth-order valence-electron chi connectivity index (χ4n) is 3.46. The highest BCUT2D eigenvalue weighted by Gasteiger charge is 2.20.